The Labute approximate surface area is 153 Å². The highest BCUT2D eigenvalue weighted by atomic mass is 19.3. The van der Waals surface area contributed by atoms with Crippen molar-refractivity contribution in [1.82, 2.24) is 19.4 Å². The van der Waals surface area contributed by atoms with Crippen LogP contribution >= 0.6 is 0 Å². The van der Waals surface area contributed by atoms with Gasteiger partial charge in [0.2, 0.25) is 6.23 Å². The summed E-state index contributed by atoms with van der Waals surface area (Å²) >= 11 is 0. The molecule has 0 saturated carbocycles. The van der Waals surface area contributed by atoms with E-state index in [1.807, 2.05) is 11.0 Å². The largest absolute Gasteiger partial charge is 0.384 e. The van der Waals surface area contributed by atoms with Crippen LogP contribution in [-0.2, 0) is 17.7 Å². The number of halogens is 2. The van der Waals surface area contributed by atoms with Crippen molar-refractivity contribution >= 4 is 5.82 Å². The van der Waals surface area contributed by atoms with E-state index in [2.05, 4.69) is 9.97 Å². The van der Waals surface area contributed by atoms with E-state index in [0.29, 0.717) is 17.7 Å². The molecule has 4 heterocycles. The number of ether oxygens (including phenoxy) is 1. The van der Waals surface area contributed by atoms with E-state index in [-0.39, 0.29) is 12.4 Å². The number of nitrogens with two attached hydrogens (primary N) is 1. The minimum atomic E-state index is -3.64. The minimum absolute atomic E-state index is 0.0738. The van der Waals surface area contributed by atoms with Crippen LogP contribution in [0.1, 0.15) is 17.4 Å². The molecule has 2 aromatic heterocycles. The molecule has 0 bridgehead atoms. The Bertz CT molecular complexity index is 906. The van der Waals surface area contributed by atoms with E-state index in [0.717, 1.165) is 18.2 Å². The van der Waals surface area contributed by atoms with E-state index in [9.17, 15) is 18.7 Å². The number of aliphatic hydroxyl groups is 1. The number of nitrogen functional groups attached to an aromatic ring is 1. The van der Waals surface area contributed by atoms with Gasteiger partial charge >= 0.3 is 11.6 Å². The van der Waals surface area contributed by atoms with Crippen molar-refractivity contribution in [3.05, 3.63) is 52.3 Å². The van der Waals surface area contributed by atoms with E-state index in [1.54, 1.807) is 12.4 Å². The Morgan fingerprint density at radius 2 is 2.19 bits per heavy atom. The van der Waals surface area contributed by atoms with Crippen molar-refractivity contribution < 1.29 is 18.6 Å². The predicted octanol–water partition coefficient (Wildman–Crippen LogP) is 0.172. The molecule has 0 spiro atoms. The Kier molecular flexibility index (Phi) is 4.41. The quantitative estimate of drug-likeness (QED) is 0.783. The molecule has 2 aromatic rings. The third-order valence-corrected chi connectivity index (χ3v) is 5.02. The van der Waals surface area contributed by atoms with Gasteiger partial charge in [-0.1, -0.05) is 0 Å². The van der Waals surface area contributed by atoms with Gasteiger partial charge in [-0.15, -0.1) is 0 Å². The van der Waals surface area contributed by atoms with Crippen LogP contribution in [0.15, 0.2) is 35.5 Å². The van der Waals surface area contributed by atoms with Crippen molar-refractivity contribution in [2.75, 3.05) is 18.8 Å². The van der Waals surface area contributed by atoms with E-state index >= 15 is 0 Å². The maximum atomic E-state index is 14.6. The summed E-state index contributed by atoms with van der Waals surface area (Å²) < 4.78 is 35.3. The second-order valence-corrected chi connectivity index (χ2v) is 6.82. The zero-order chi connectivity index (χ0) is 19.2. The predicted molar refractivity (Wildman–Crippen MR) is 91.0 cm³/mol. The first-order chi connectivity index (χ1) is 12.9. The lowest BCUT2D eigenvalue weighted by molar-refractivity contribution is -0.140. The summed E-state index contributed by atoms with van der Waals surface area (Å²) in [4.78, 5) is 21.4. The molecule has 0 aromatic carbocycles. The average Bonchev–Trinajstić information content (AvgIpc) is 2.85. The van der Waals surface area contributed by atoms with Crippen LogP contribution in [0.3, 0.4) is 0 Å². The molecule has 1 fully saturated rings. The molecule has 1 saturated heterocycles. The van der Waals surface area contributed by atoms with Crippen molar-refractivity contribution in [3.8, 4) is 0 Å². The van der Waals surface area contributed by atoms with Gasteiger partial charge in [0.1, 0.15) is 18.0 Å². The number of hydrogen-bond donors (Lipinski definition) is 2. The van der Waals surface area contributed by atoms with Gasteiger partial charge in [-0.25, -0.2) is 4.79 Å². The summed E-state index contributed by atoms with van der Waals surface area (Å²) in [5.74, 6) is -3.71. The van der Waals surface area contributed by atoms with Crippen LogP contribution in [0.5, 0.6) is 0 Å². The molecule has 0 unspecified atom stereocenters. The molecule has 4 rings (SSSR count). The van der Waals surface area contributed by atoms with E-state index < -0.39 is 30.0 Å². The highest BCUT2D eigenvalue weighted by Gasteiger charge is 2.59. The first kappa shape index (κ1) is 18.0. The molecule has 144 valence electrons. The first-order valence-electron chi connectivity index (χ1n) is 8.56. The normalized spacial score (nSPS) is 27.4. The minimum Gasteiger partial charge on any atom is -0.384 e. The number of pyridine rings is 1. The third-order valence-electron chi connectivity index (χ3n) is 5.02. The number of anilines is 1. The molecule has 2 aliphatic rings. The lowest BCUT2D eigenvalue weighted by Crippen LogP contribution is -2.44. The number of aliphatic hydroxyl groups excluding tert-OH is 1. The maximum Gasteiger partial charge on any atom is 0.351 e. The fraction of sp³-hybridized carbons (Fsp3) is 0.471. The smallest absolute Gasteiger partial charge is 0.351 e. The molecule has 3 N–H and O–H groups in total. The van der Waals surface area contributed by atoms with Crippen molar-refractivity contribution in [1.29, 1.82) is 0 Å². The Balaban J connectivity index is 1.52. The number of fused-ring (bicyclic) bond motifs is 1. The molecule has 0 radical (unpaired) electrons. The Morgan fingerprint density at radius 1 is 1.37 bits per heavy atom. The molecule has 10 heteroatoms. The topological polar surface area (TPSA) is 107 Å². The zero-order valence-electron chi connectivity index (χ0n) is 14.3. The summed E-state index contributed by atoms with van der Waals surface area (Å²) in [5.41, 5.74) is 6.65. The van der Waals surface area contributed by atoms with Crippen LogP contribution in [0, 0.1) is 0 Å². The van der Waals surface area contributed by atoms with Gasteiger partial charge in [-0.3, -0.25) is 14.5 Å². The highest BCUT2D eigenvalue weighted by molar-refractivity contribution is 5.26. The van der Waals surface area contributed by atoms with Gasteiger partial charge < -0.3 is 15.6 Å². The molecular weight excluding hydrogens is 360 g/mol. The molecule has 27 heavy (non-hydrogen) atoms. The second kappa shape index (κ2) is 6.63. The molecule has 8 nitrogen and oxygen atoms in total. The van der Waals surface area contributed by atoms with E-state index in [1.165, 1.54) is 11.6 Å². The van der Waals surface area contributed by atoms with Gasteiger partial charge in [0.05, 0.1) is 0 Å². The number of rotatable bonds is 3. The van der Waals surface area contributed by atoms with Crippen molar-refractivity contribution in [3.63, 3.8) is 0 Å². The Hall–Kier alpha value is -2.43. The first-order valence-corrected chi connectivity index (χ1v) is 8.56. The maximum absolute atomic E-state index is 14.6. The van der Waals surface area contributed by atoms with Crippen LogP contribution < -0.4 is 11.4 Å². The van der Waals surface area contributed by atoms with Gasteiger partial charge in [0.15, 0.2) is 0 Å². The zero-order valence-corrected chi connectivity index (χ0v) is 14.3. The second-order valence-electron chi connectivity index (χ2n) is 6.82. The fourth-order valence-corrected chi connectivity index (χ4v) is 3.57. The highest BCUT2D eigenvalue weighted by Crippen LogP contribution is 2.42. The van der Waals surface area contributed by atoms with Gasteiger partial charge in [0.25, 0.3) is 0 Å². The van der Waals surface area contributed by atoms with Crippen LogP contribution in [0.25, 0.3) is 0 Å². The van der Waals surface area contributed by atoms with Gasteiger partial charge in [-0.05, 0) is 29.7 Å². The fourth-order valence-electron chi connectivity index (χ4n) is 3.57. The lowest BCUT2D eigenvalue weighted by atomic mass is 10.0. The summed E-state index contributed by atoms with van der Waals surface area (Å²) in [6.07, 6.45) is 0.224. The van der Waals surface area contributed by atoms with E-state index in [4.69, 9.17) is 10.5 Å². The van der Waals surface area contributed by atoms with Crippen LogP contribution in [0.2, 0.25) is 0 Å². The number of hydrogen-bond acceptors (Lipinski definition) is 7. The summed E-state index contributed by atoms with van der Waals surface area (Å²) in [7, 11) is 0. The number of aromatic nitrogens is 3. The Morgan fingerprint density at radius 3 is 2.96 bits per heavy atom. The van der Waals surface area contributed by atoms with Crippen molar-refractivity contribution in [2.45, 2.75) is 37.3 Å². The number of alkyl halides is 2. The monoisotopic (exact) mass is 379 g/mol. The standard InChI is InChI=1S/C17H19F2N5O3/c18-17(19)14(25)12(27-15(17)24-6-3-13(20)22-16(24)26)9-23-5-2-10-1-4-21-7-11(10)8-23/h1,3-4,6-7,12,14-15,25H,2,5,8-9H2,(H2,20,22,26)/t12-,14-,15-/m1/s1. The number of nitrogens with zero attached hydrogens (tertiary/aromatic N) is 4. The SMILES string of the molecule is Nc1ccn([C@@H]2O[C@H](CN3CCc4ccncc4C3)[C@@H](O)C2(F)F)c(=O)n1. The molecule has 3 atom stereocenters. The van der Waals surface area contributed by atoms with Crippen molar-refractivity contribution in [2.24, 2.45) is 0 Å². The molecule has 0 amide bonds. The lowest BCUT2D eigenvalue weighted by Gasteiger charge is -2.30. The molecule has 2 aliphatic heterocycles. The molecular formula is C17H19F2N5O3. The summed E-state index contributed by atoms with van der Waals surface area (Å²) in [6, 6.07) is 3.17. The molecule has 0 aliphatic carbocycles. The average molecular weight is 379 g/mol. The van der Waals surface area contributed by atoms with Gasteiger partial charge in [-0.2, -0.15) is 13.8 Å². The van der Waals surface area contributed by atoms with Gasteiger partial charge in [0, 0.05) is 38.2 Å². The van der Waals surface area contributed by atoms with Crippen LogP contribution in [0.4, 0.5) is 14.6 Å². The summed E-state index contributed by atoms with van der Waals surface area (Å²) in [5, 5.41) is 10.1. The summed E-state index contributed by atoms with van der Waals surface area (Å²) in [6.45, 7) is 1.30. The van der Waals surface area contributed by atoms with Crippen LogP contribution in [-0.4, -0.2) is 55.8 Å². The third kappa shape index (κ3) is 3.20.